The van der Waals surface area contributed by atoms with E-state index < -0.39 is 32.7 Å². The third kappa shape index (κ3) is 57.4. The number of carbonyl (C=O) groups is 1. The predicted molar refractivity (Wildman–Crippen MR) is 324 cm³/mol. The van der Waals surface area contributed by atoms with Gasteiger partial charge in [0.05, 0.1) is 39.9 Å². The fourth-order valence-electron chi connectivity index (χ4n) is 10.1. The smallest absolute Gasteiger partial charge is 0.390 e. The molecule has 0 heterocycles. The molecule has 10 heteroatoms. The molecule has 0 fully saturated rings. The van der Waals surface area contributed by atoms with Gasteiger partial charge in [-0.15, -0.1) is 0 Å². The molecule has 0 spiro atoms. The Balaban J connectivity index is 3.89. The van der Waals surface area contributed by atoms with Crippen LogP contribution in [0.4, 0.5) is 0 Å². The predicted octanol–water partition coefficient (Wildman–Crippen LogP) is 19.3. The zero-order valence-corrected chi connectivity index (χ0v) is 51.6. The molecule has 0 saturated carbocycles. The molecule has 0 aliphatic rings. The van der Waals surface area contributed by atoms with E-state index in [0.717, 1.165) is 44.9 Å². The largest absolute Gasteiger partial charge is 0.472 e. The van der Waals surface area contributed by atoms with Gasteiger partial charge in [-0.1, -0.05) is 301 Å². The summed E-state index contributed by atoms with van der Waals surface area (Å²) >= 11 is 0. The van der Waals surface area contributed by atoms with Crippen LogP contribution < -0.4 is 5.32 Å². The van der Waals surface area contributed by atoms with E-state index in [1.807, 2.05) is 21.1 Å². The fraction of sp³-hybridized carbons (Fsp3) is 0.923. The lowest BCUT2D eigenvalue weighted by Crippen LogP contribution is -2.51. The van der Waals surface area contributed by atoms with Gasteiger partial charge >= 0.3 is 7.82 Å². The highest BCUT2D eigenvalue weighted by Crippen LogP contribution is 2.43. The number of hydrogen-bond acceptors (Lipinski definition) is 6. The van der Waals surface area contributed by atoms with Crippen LogP contribution >= 0.6 is 7.82 Å². The molecule has 0 radical (unpaired) electrons. The quantitative estimate of drug-likeness (QED) is 0.0207. The Morgan fingerprint density at radius 1 is 0.467 bits per heavy atom. The first-order chi connectivity index (χ1) is 36.4. The number of hydrogen-bond donors (Lipinski definition) is 4. The molecule has 0 aliphatic carbocycles. The molecule has 0 aromatic carbocycles. The van der Waals surface area contributed by atoms with Gasteiger partial charge in [0.2, 0.25) is 5.91 Å². The molecule has 446 valence electrons. The van der Waals surface area contributed by atoms with Crippen LogP contribution in [0.2, 0.25) is 0 Å². The van der Waals surface area contributed by atoms with Crippen molar-refractivity contribution >= 4 is 13.7 Å². The summed E-state index contributed by atoms with van der Waals surface area (Å²) in [5, 5.41) is 24.9. The molecule has 4 N–H and O–H groups in total. The molecular weight excluding hydrogens is 952 g/mol. The van der Waals surface area contributed by atoms with Gasteiger partial charge in [-0.3, -0.25) is 13.8 Å². The summed E-state index contributed by atoms with van der Waals surface area (Å²) in [6.07, 6.45) is 68.8. The average molecular weight is 1080 g/mol. The summed E-state index contributed by atoms with van der Waals surface area (Å²) in [7, 11) is 1.45. The number of allylic oxidation sites excluding steroid dienone is 4. The second-order valence-corrected chi connectivity index (χ2v) is 25.4. The number of nitrogens with one attached hydrogen (secondary N) is 1. The van der Waals surface area contributed by atoms with Crippen molar-refractivity contribution in [2.45, 2.75) is 347 Å². The first kappa shape index (κ1) is 73.9. The normalized spacial score (nSPS) is 14.3. The van der Waals surface area contributed by atoms with Gasteiger partial charge in [0, 0.05) is 6.42 Å². The van der Waals surface area contributed by atoms with Crippen molar-refractivity contribution in [2.24, 2.45) is 0 Å². The Bertz CT molecular complexity index is 1290. The maximum absolute atomic E-state index is 13.0. The van der Waals surface area contributed by atoms with Crippen LogP contribution in [0.3, 0.4) is 0 Å². The van der Waals surface area contributed by atoms with Crippen LogP contribution in [0.25, 0.3) is 0 Å². The maximum atomic E-state index is 13.0. The standard InChI is InChI=1S/C65H129N2O7P/c1-6-8-10-12-14-16-18-20-21-22-23-24-25-26-27-28-29-30-31-32-33-34-35-36-37-38-39-40-41-42-43-44-45-46-48-50-52-54-56-58-64(69)66-62(61-74-75(71,72)73-60-59-67(3,4)5)65(70)63(68)57-55-53-51-49-47-19-17-15-13-11-9-7-2/h18,20,22-23,62-63,65,68,70H,6-17,19,21,24-61H2,1-5H3,(H-,66,69,71,72)/p+1/b20-18-,23-22-. The lowest BCUT2D eigenvalue weighted by atomic mass is 9.99. The van der Waals surface area contributed by atoms with Crippen LogP contribution in [0.15, 0.2) is 24.3 Å². The number of rotatable bonds is 61. The van der Waals surface area contributed by atoms with Crippen molar-refractivity contribution in [3.63, 3.8) is 0 Å². The number of carbonyl (C=O) groups excluding carboxylic acids is 1. The first-order valence-electron chi connectivity index (χ1n) is 32.8. The summed E-state index contributed by atoms with van der Waals surface area (Å²) in [5.74, 6) is -0.251. The lowest BCUT2D eigenvalue weighted by Gasteiger charge is -2.28. The molecule has 9 nitrogen and oxygen atoms in total. The van der Waals surface area contributed by atoms with E-state index in [2.05, 4.69) is 43.5 Å². The molecule has 1 amide bonds. The van der Waals surface area contributed by atoms with Crippen LogP contribution in [0.5, 0.6) is 0 Å². The number of amides is 1. The molecule has 0 bridgehead atoms. The zero-order valence-electron chi connectivity index (χ0n) is 50.7. The van der Waals surface area contributed by atoms with Crippen LogP contribution in [0.1, 0.15) is 328 Å². The second-order valence-electron chi connectivity index (χ2n) is 24.0. The molecule has 0 rings (SSSR count). The molecule has 4 atom stereocenters. The molecular formula is C65H130N2O7P+. The highest BCUT2D eigenvalue weighted by molar-refractivity contribution is 7.47. The van der Waals surface area contributed by atoms with E-state index in [9.17, 15) is 24.5 Å². The van der Waals surface area contributed by atoms with Gasteiger partial charge in [-0.2, -0.15) is 0 Å². The van der Waals surface area contributed by atoms with Gasteiger partial charge < -0.3 is 24.9 Å². The minimum Gasteiger partial charge on any atom is -0.390 e. The van der Waals surface area contributed by atoms with Gasteiger partial charge in [0.25, 0.3) is 0 Å². The van der Waals surface area contributed by atoms with E-state index >= 15 is 0 Å². The van der Waals surface area contributed by atoms with E-state index in [-0.39, 0.29) is 12.5 Å². The summed E-state index contributed by atoms with van der Waals surface area (Å²) in [5.41, 5.74) is 0. The Hall–Kier alpha value is -1.06. The fourth-order valence-corrected chi connectivity index (χ4v) is 10.9. The Kier molecular flexibility index (Phi) is 55.4. The number of phosphoric acid groups is 1. The van der Waals surface area contributed by atoms with Gasteiger partial charge in [0.1, 0.15) is 19.3 Å². The average Bonchev–Trinajstić information content (AvgIpc) is 3.37. The van der Waals surface area contributed by atoms with Crippen LogP contribution in [-0.2, 0) is 18.4 Å². The number of likely N-dealkylation sites (N-methyl/N-ethyl adjacent to an activating group) is 1. The minimum atomic E-state index is -4.42. The van der Waals surface area contributed by atoms with Crippen molar-refractivity contribution in [3.8, 4) is 0 Å². The summed E-state index contributed by atoms with van der Waals surface area (Å²) in [6.45, 7) is 4.63. The van der Waals surface area contributed by atoms with E-state index in [4.69, 9.17) is 9.05 Å². The number of unbranched alkanes of at least 4 members (excludes halogenated alkanes) is 43. The monoisotopic (exact) mass is 1080 g/mol. The van der Waals surface area contributed by atoms with Gasteiger partial charge in [-0.05, 0) is 44.9 Å². The Morgan fingerprint density at radius 2 is 0.787 bits per heavy atom. The van der Waals surface area contributed by atoms with Crippen molar-refractivity contribution in [1.29, 1.82) is 0 Å². The number of nitrogens with zero attached hydrogens (tertiary/aromatic N) is 1. The molecule has 0 aromatic rings. The number of aliphatic hydroxyl groups is 2. The van der Waals surface area contributed by atoms with E-state index in [1.165, 1.54) is 257 Å². The molecule has 75 heavy (non-hydrogen) atoms. The summed E-state index contributed by atoms with van der Waals surface area (Å²) in [6, 6.07) is -1.03. The van der Waals surface area contributed by atoms with Crippen molar-refractivity contribution in [1.82, 2.24) is 5.32 Å². The Labute approximate surface area is 467 Å². The van der Waals surface area contributed by atoms with Crippen LogP contribution in [0, 0.1) is 0 Å². The van der Waals surface area contributed by atoms with Crippen molar-refractivity contribution in [2.75, 3.05) is 40.9 Å². The highest BCUT2D eigenvalue weighted by atomic mass is 31.2. The topological polar surface area (TPSA) is 125 Å². The number of phosphoric ester groups is 1. The third-order valence-corrected chi connectivity index (χ3v) is 16.3. The van der Waals surface area contributed by atoms with E-state index in [1.54, 1.807) is 0 Å². The summed E-state index contributed by atoms with van der Waals surface area (Å²) in [4.78, 5) is 23.4. The maximum Gasteiger partial charge on any atom is 0.472 e. The number of quaternary nitrogens is 1. The van der Waals surface area contributed by atoms with Crippen LogP contribution in [-0.4, -0.2) is 84.6 Å². The molecule has 0 aromatic heterocycles. The Morgan fingerprint density at radius 3 is 1.13 bits per heavy atom. The minimum absolute atomic E-state index is 0.0248. The molecule has 0 saturated heterocycles. The third-order valence-electron chi connectivity index (χ3n) is 15.3. The SMILES string of the molecule is CCCCCCC/C=C\C/C=C\CCCCCCCCCCCCCCCCCCCCCCCCCCCCCC(=O)NC(COP(=O)(O)OCC[N+](C)(C)C)C(O)C(O)CCCCCCCCCCCCCC. The lowest BCUT2D eigenvalue weighted by molar-refractivity contribution is -0.870. The van der Waals surface area contributed by atoms with E-state index in [0.29, 0.717) is 23.9 Å². The second kappa shape index (κ2) is 56.2. The number of aliphatic hydroxyl groups excluding tert-OH is 2. The molecule has 0 aliphatic heterocycles. The zero-order chi connectivity index (χ0) is 55.0. The highest BCUT2D eigenvalue weighted by Gasteiger charge is 2.32. The van der Waals surface area contributed by atoms with Crippen molar-refractivity contribution in [3.05, 3.63) is 24.3 Å². The first-order valence-corrected chi connectivity index (χ1v) is 34.3. The van der Waals surface area contributed by atoms with Crippen molar-refractivity contribution < 1.29 is 38.0 Å². The summed E-state index contributed by atoms with van der Waals surface area (Å²) < 4.78 is 23.7. The van der Waals surface area contributed by atoms with Gasteiger partial charge in [-0.25, -0.2) is 4.57 Å². The molecule has 4 unspecified atom stereocenters. The van der Waals surface area contributed by atoms with Gasteiger partial charge in [0.15, 0.2) is 0 Å².